The number of hydrogen-bond donors (Lipinski definition) is 0. The quantitative estimate of drug-likeness (QED) is 0.841. The van der Waals surface area contributed by atoms with Crippen LogP contribution in [-0.4, -0.2) is 17.9 Å². The second-order valence-corrected chi connectivity index (χ2v) is 4.88. The molecule has 0 saturated heterocycles. The molecule has 0 aromatic heterocycles. The Labute approximate surface area is 120 Å². The Morgan fingerprint density at radius 3 is 2.20 bits per heavy atom. The van der Waals surface area contributed by atoms with Gasteiger partial charge in [0.2, 0.25) is 0 Å². The first-order chi connectivity index (χ1) is 9.45. The number of hydrogen-bond acceptors (Lipinski definition) is 1. The first-order valence-electron chi connectivity index (χ1n) is 5.92. The van der Waals surface area contributed by atoms with E-state index in [0.29, 0.717) is 11.6 Å². The molecule has 2 nitrogen and oxygen atoms in total. The molecule has 0 unspecified atom stereocenters. The highest BCUT2D eigenvalue weighted by atomic mass is 35.5. The summed E-state index contributed by atoms with van der Waals surface area (Å²) in [5.74, 6) is -1.99. The van der Waals surface area contributed by atoms with E-state index in [0.717, 1.165) is 23.8 Å². The van der Waals surface area contributed by atoms with Crippen molar-refractivity contribution in [2.24, 2.45) is 0 Å². The summed E-state index contributed by atoms with van der Waals surface area (Å²) in [4.78, 5) is 13.5. The molecule has 0 N–H and O–H groups in total. The second-order valence-electron chi connectivity index (χ2n) is 4.45. The highest BCUT2D eigenvalue weighted by Crippen LogP contribution is 2.14. The van der Waals surface area contributed by atoms with Gasteiger partial charge in [0.1, 0.15) is 11.6 Å². The van der Waals surface area contributed by atoms with Crippen molar-refractivity contribution in [1.29, 1.82) is 0 Å². The summed E-state index contributed by atoms with van der Waals surface area (Å²) >= 11 is 5.78. The smallest absolute Gasteiger partial charge is 0.254 e. The van der Waals surface area contributed by atoms with E-state index in [1.807, 2.05) is 0 Å². The van der Waals surface area contributed by atoms with Gasteiger partial charge in [0.15, 0.2) is 0 Å². The fourth-order valence-electron chi connectivity index (χ4n) is 1.83. The van der Waals surface area contributed by atoms with Gasteiger partial charge in [0.25, 0.3) is 5.91 Å². The molecule has 0 heterocycles. The number of benzene rings is 2. The van der Waals surface area contributed by atoms with Crippen LogP contribution < -0.4 is 0 Å². The molecule has 0 radical (unpaired) electrons. The highest BCUT2D eigenvalue weighted by Gasteiger charge is 2.14. The van der Waals surface area contributed by atoms with E-state index in [2.05, 4.69) is 0 Å². The normalized spacial score (nSPS) is 10.4. The lowest BCUT2D eigenvalue weighted by Crippen LogP contribution is -2.26. The van der Waals surface area contributed by atoms with Crippen LogP contribution in [0.15, 0.2) is 42.5 Å². The number of carbonyl (C=O) groups excluding carboxylic acids is 1. The molecule has 5 heteroatoms. The average Bonchev–Trinajstić information content (AvgIpc) is 2.39. The van der Waals surface area contributed by atoms with E-state index in [1.165, 1.54) is 4.90 Å². The average molecular weight is 296 g/mol. The van der Waals surface area contributed by atoms with Crippen LogP contribution in [0.25, 0.3) is 0 Å². The Morgan fingerprint density at radius 2 is 1.65 bits per heavy atom. The molecule has 1 amide bonds. The second kappa shape index (κ2) is 6.01. The molecule has 0 aliphatic heterocycles. The van der Waals surface area contributed by atoms with E-state index in [-0.39, 0.29) is 5.56 Å². The third-order valence-electron chi connectivity index (χ3n) is 2.79. The lowest BCUT2D eigenvalue weighted by molar-refractivity contribution is 0.0784. The van der Waals surface area contributed by atoms with Gasteiger partial charge in [-0.15, -0.1) is 0 Å². The van der Waals surface area contributed by atoms with Crippen molar-refractivity contribution in [3.8, 4) is 0 Å². The minimum absolute atomic E-state index is 0.0148. The van der Waals surface area contributed by atoms with Crippen LogP contribution >= 0.6 is 11.6 Å². The van der Waals surface area contributed by atoms with Crippen LogP contribution in [0.3, 0.4) is 0 Å². The summed E-state index contributed by atoms with van der Waals surface area (Å²) in [5, 5.41) is 0.606. The van der Waals surface area contributed by atoms with Crippen LogP contribution in [0.1, 0.15) is 15.9 Å². The fourth-order valence-corrected chi connectivity index (χ4v) is 1.96. The Kier molecular flexibility index (Phi) is 4.35. The third-order valence-corrected chi connectivity index (χ3v) is 3.04. The summed E-state index contributed by atoms with van der Waals surface area (Å²) in [6.45, 7) is 0.328. The zero-order chi connectivity index (χ0) is 14.7. The van der Waals surface area contributed by atoms with Gasteiger partial charge >= 0.3 is 0 Å². The summed E-state index contributed by atoms with van der Waals surface area (Å²) < 4.78 is 26.2. The van der Waals surface area contributed by atoms with Crippen molar-refractivity contribution >= 4 is 17.5 Å². The topological polar surface area (TPSA) is 20.3 Å². The van der Waals surface area contributed by atoms with E-state index < -0.39 is 17.5 Å². The minimum atomic E-state index is -0.770. The zero-order valence-electron chi connectivity index (χ0n) is 10.7. The van der Waals surface area contributed by atoms with Crippen molar-refractivity contribution in [3.05, 3.63) is 70.2 Å². The predicted octanol–water partition coefficient (Wildman–Crippen LogP) is 3.89. The molecular weight excluding hydrogens is 284 g/mol. The van der Waals surface area contributed by atoms with Crippen LogP contribution in [0.4, 0.5) is 8.78 Å². The summed E-state index contributed by atoms with van der Waals surface area (Å²) in [5.41, 5.74) is 0.862. The summed E-state index contributed by atoms with van der Waals surface area (Å²) in [6, 6.07) is 9.79. The van der Waals surface area contributed by atoms with Crippen LogP contribution in [0, 0.1) is 11.6 Å². The molecule has 0 bridgehead atoms. The van der Waals surface area contributed by atoms with Crippen molar-refractivity contribution in [2.75, 3.05) is 7.05 Å². The van der Waals surface area contributed by atoms with Crippen molar-refractivity contribution in [2.45, 2.75) is 6.54 Å². The Balaban J connectivity index is 2.14. The first-order valence-corrected chi connectivity index (χ1v) is 6.29. The van der Waals surface area contributed by atoms with Gasteiger partial charge in [-0.05, 0) is 29.8 Å². The van der Waals surface area contributed by atoms with E-state index >= 15 is 0 Å². The Hall–Kier alpha value is -1.94. The maximum atomic E-state index is 13.1. The van der Waals surface area contributed by atoms with E-state index in [1.54, 1.807) is 31.3 Å². The molecule has 0 saturated carbocycles. The molecule has 2 aromatic rings. The molecule has 0 aliphatic rings. The van der Waals surface area contributed by atoms with E-state index in [9.17, 15) is 13.6 Å². The van der Waals surface area contributed by atoms with E-state index in [4.69, 9.17) is 11.6 Å². The molecule has 0 atom stereocenters. The Morgan fingerprint density at radius 1 is 1.10 bits per heavy atom. The van der Waals surface area contributed by atoms with Crippen molar-refractivity contribution in [3.63, 3.8) is 0 Å². The van der Waals surface area contributed by atoms with Gasteiger partial charge in [-0.1, -0.05) is 23.7 Å². The molecule has 20 heavy (non-hydrogen) atoms. The maximum absolute atomic E-state index is 13.1. The van der Waals surface area contributed by atoms with Gasteiger partial charge in [0.05, 0.1) is 0 Å². The molecule has 2 rings (SSSR count). The number of nitrogens with zero attached hydrogens (tertiary/aromatic N) is 1. The summed E-state index contributed by atoms with van der Waals surface area (Å²) in [6.07, 6.45) is 0. The molecule has 0 fully saturated rings. The minimum Gasteiger partial charge on any atom is -0.337 e. The van der Waals surface area contributed by atoms with Gasteiger partial charge in [-0.2, -0.15) is 0 Å². The molecule has 0 spiro atoms. The van der Waals surface area contributed by atoms with Gasteiger partial charge in [0, 0.05) is 30.2 Å². The predicted molar refractivity (Wildman–Crippen MR) is 73.6 cm³/mol. The highest BCUT2D eigenvalue weighted by molar-refractivity contribution is 6.30. The third kappa shape index (κ3) is 3.54. The van der Waals surface area contributed by atoms with Crippen LogP contribution in [0.5, 0.6) is 0 Å². The zero-order valence-corrected chi connectivity index (χ0v) is 11.5. The number of carbonyl (C=O) groups is 1. The van der Waals surface area contributed by atoms with Gasteiger partial charge in [-0.25, -0.2) is 8.78 Å². The Bertz CT molecular complexity index is 608. The lowest BCUT2D eigenvalue weighted by Gasteiger charge is -2.17. The van der Waals surface area contributed by atoms with Gasteiger partial charge in [-0.3, -0.25) is 4.79 Å². The first kappa shape index (κ1) is 14.5. The maximum Gasteiger partial charge on any atom is 0.254 e. The number of amides is 1. The molecule has 0 aliphatic carbocycles. The van der Waals surface area contributed by atoms with Crippen molar-refractivity contribution < 1.29 is 13.6 Å². The number of rotatable bonds is 3. The molecular formula is C15H12ClF2NO. The van der Waals surface area contributed by atoms with Gasteiger partial charge < -0.3 is 4.90 Å². The van der Waals surface area contributed by atoms with Crippen LogP contribution in [0.2, 0.25) is 5.02 Å². The molecule has 104 valence electrons. The summed E-state index contributed by atoms with van der Waals surface area (Å²) in [7, 11) is 1.57. The standard InChI is InChI=1S/C15H12ClF2NO/c1-19(9-10-2-4-12(16)5-3-10)15(20)11-6-13(17)8-14(18)7-11/h2-8H,9H2,1H3. The lowest BCUT2D eigenvalue weighted by atomic mass is 10.1. The monoisotopic (exact) mass is 295 g/mol. The molecule has 2 aromatic carbocycles. The van der Waals surface area contributed by atoms with Crippen LogP contribution in [-0.2, 0) is 6.54 Å². The SMILES string of the molecule is CN(Cc1ccc(Cl)cc1)C(=O)c1cc(F)cc(F)c1. The fraction of sp³-hybridized carbons (Fsp3) is 0.133. The number of halogens is 3. The largest absolute Gasteiger partial charge is 0.337 e. The van der Waals surface area contributed by atoms with Crippen molar-refractivity contribution in [1.82, 2.24) is 4.90 Å².